The Morgan fingerprint density at radius 2 is 1.93 bits per heavy atom. The molecule has 15 heavy (non-hydrogen) atoms. The van der Waals surface area contributed by atoms with Crippen LogP contribution in [0.15, 0.2) is 24.9 Å². The van der Waals surface area contributed by atoms with E-state index in [2.05, 4.69) is 45.8 Å². The molecule has 0 rings (SSSR count). The summed E-state index contributed by atoms with van der Waals surface area (Å²) in [6.45, 7) is 18.0. The number of hydrogen-bond donors (Lipinski definition) is 0. The Balaban J connectivity index is 4.10. The van der Waals surface area contributed by atoms with Crippen LogP contribution in [-0.4, -0.2) is 17.5 Å². The van der Waals surface area contributed by atoms with Crippen molar-refractivity contribution in [3.8, 4) is 0 Å². The molecule has 0 aliphatic carbocycles. The zero-order valence-electron chi connectivity index (χ0n) is 10.9. The van der Waals surface area contributed by atoms with Gasteiger partial charge >= 0.3 is 0 Å². The molecule has 2 unspecified atom stereocenters. The van der Waals surface area contributed by atoms with Crippen molar-refractivity contribution in [2.75, 3.05) is 6.54 Å². The third-order valence-electron chi connectivity index (χ3n) is 3.16. The average Bonchev–Trinajstić information content (AvgIpc) is 2.26. The van der Waals surface area contributed by atoms with Gasteiger partial charge in [-0.05, 0) is 39.0 Å². The second kappa shape index (κ2) is 7.56. The van der Waals surface area contributed by atoms with E-state index in [1.807, 2.05) is 6.08 Å². The van der Waals surface area contributed by atoms with Crippen LogP contribution < -0.4 is 0 Å². The summed E-state index contributed by atoms with van der Waals surface area (Å²) in [4.78, 5) is 2.41. The smallest absolute Gasteiger partial charge is 0.0255 e. The highest BCUT2D eigenvalue weighted by Gasteiger charge is 2.12. The van der Waals surface area contributed by atoms with Gasteiger partial charge in [0.2, 0.25) is 0 Å². The summed E-state index contributed by atoms with van der Waals surface area (Å²) in [7, 11) is 0. The summed E-state index contributed by atoms with van der Waals surface area (Å²) < 4.78 is 0. The van der Waals surface area contributed by atoms with Crippen LogP contribution in [0.2, 0.25) is 0 Å². The number of nitrogens with zero attached hydrogens (tertiary/aromatic N) is 1. The molecule has 0 fully saturated rings. The molecule has 1 heteroatoms. The van der Waals surface area contributed by atoms with Crippen molar-refractivity contribution in [2.24, 2.45) is 5.92 Å². The van der Waals surface area contributed by atoms with Gasteiger partial charge in [-0.2, -0.15) is 0 Å². The minimum Gasteiger partial charge on any atom is -0.373 e. The molecule has 1 nitrogen and oxygen atoms in total. The molecule has 0 saturated carbocycles. The SMILES string of the molecule is C=CC(C)CCC(=C)N(CC)C(C)CC. The fraction of sp³-hybridized carbons (Fsp3) is 0.714. The highest BCUT2D eigenvalue weighted by Crippen LogP contribution is 2.18. The Hall–Kier alpha value is -0.720. The molecule has 0 radical (unpaired) electrons. The first-order valence-electron chi connectivity index (χ1n) is 6.13. The summed E-state index contributed by atoms with van der Waals surface area (Å²) in [5.74, 6) is 0.595. The molecule has 0 heterocycles. The molecule has 0 aliphatic heterocycles. The molecule has 0 amide bonds. The van der Waals surface area contributed by atoms with Gasteiger partial charge in [-0.1, -0.05) is 26.5 Å². The summed E-state index contributed by atoms with van der Waals surface area (Å²) in [6.07, 6.45) is 5.46. The third-order valence-corrected chi connectivity index (χ3v) is 3.16. The molecule has 0 saturated heterocycles. The summed E-state index contributed by atoms with van der Waals surface area (Å²) in [5, 5.41) is 0. The Bertz CT molecular complexity index is 196. The van der Waals surface area contributed by atoms with Crippen molar-refractivity contribution in [1.82, 2.24) is 4.90 Å². The van der Waals surface area contributed by atoms with E-state index in [0.29, 0.717) is 12.0 Å². The largest absolute Gasteiger partial charge is 0.373 e. The van der Waals surface area contributed by atoms with E-state index in [0.717, 1.165) is 19.4 Å². The van der Waals surface area contributed by atoms with Crippen molar-refractivity contribution in [3.05, 3.63) is 24.9 Å². The lowest BCUT2D eigenvalue weighted by Gasteiger charge is -2.31. The third kappa shape index (κ3) is 5.06. The Labute approximate surface area is 95.9 Å². The molecular weight excluding hydrogens is 182 g/mol. The van der Waals surface area contributed by atoms with E-state index in [1.165, 1.54) is 12.1 Å². The maximum atomic E-state index is 4.19. The molecule has 0 aliphatic rings. The van der Waals surface area contributed by atoms with Gasteiger partial charge in [0.1, 0.15) is 0 Å². The molecule has 2 atom stereocenters. The fourth-order valence-corrected chi connectivity index (χ4v) is 1.72. The zero-order valence-corrected chi connectivity index (χ0v) is 10.9. The van der Waals surface area contributed by atoms with Crippen molar-refractivity contribution >= 4 is 0 Å². The van der Waals surface area contributed by atoms with Gasteiger partial charge in [0, 0.05) is 18.3 Å². The van der Waals surface area contributed by atoms with Crippen LogP contribution in [0.25, 0.3) is 0 Å². The lowest BCUT2D eigenvalue weighted by atomic mass is 10.0. The lowest BCUT2D eigenvalue weighted by Crippen LogP contribution is -2.31. The Kier molecular flexibility index (Phi) is 7.19. The lowest BCUT2D eigenvalue weighted by molar-refractivity contribution is 0.263. The van der Waals surface area contributed by atoms with Gasteiger partial charge in [-0.3, -0.25) is 0 Å². The number of rotatable bonds is 8. The number of allylic oxidation sites excluding steroid dienone is 2. The fourth-order valence-electron chi connectivity index (χ4n) is 1.72. The number of hydrogen-bond acceptors (Lipinski definition) is 1. The zero-order chi connectivity index (χ0) is 11.8. The highest BCUT2D eigenvalue weighted by atomic mass is 15.2. The Morgan fingerprint density at radius 1 is 1.33 bits per heavy atom. The van der Waals surface area contributed by atoms with E-state index in [1.54, 1.807) is 0 Å². The van der Waals surface area contributed by atoms with Crippen LogP contribution in [0.1, 0.15) is 47.0 Å². The standard InChI is InChI=1S/C14H27N/c1-7-12(4)10-11-14(6)15(9-3)13(5)8-2/h7,12-13H,1,6,8-11H2,2-5H3. The van der Waals surface area contributed by atoms with Crippen molar-refractivity contribution in [1.29, 1.82) is 0 Å². The minimum absolute atomic E-state index is 0.595. The molecule has 88 valence electrons. The second-order valence-electron chi connectivity index (χ2n) is 4.36. The maximum absolute atomic E-state index is 4.19. The topological polar surface area (TPSA) is 3.24 Å². The first-order chi connectivity index (χ1) is 7.06. The first kappa shape index (κ1) is 14.3. The summed E-state index contributed by atoms with van der Waals surface area (Å²) in [5.41, 5.74) is 1.28. The van der Waals surface area contributed by atoms with Gasteiger partial charge in [-0.25, -0.2) is 0 Å². The van der Waals surface area contributed by atoms with Crippen LogP contribution in [0.3, 0.4) is 0 Å². The van der Waals surface area contributed by atoms with Gasteiger partial charge in [0.15, 0.2) is 0 Å². The quantitative estimate of drug-likeness (QED) is 0.541. The van der Waals surface area contributed by atoms with E-state index in [-0.39, 0.29) is 0 Å². The van der Waals surface area contributed by atoms with E-state index < -0.39 is 0 Å². The average molecular weight is 209 g/mol. The van der Waals surface area contributed by atoms with E-state index in [4.69, 9.17) is 0 Å². The van der Waals surface area contributed by atoms with E-state index in [9.17, 15) is 0 Å². The second-order valence-corrected chi connectivity index (χ2v) is 4.36. The van der Waals surface area contributed by atoms with E-state index >= 15 is 0 Å². The van der Waals surface area contributed by atoms with Crippen LogP contribution in [-0.2, 0) is 0 Å². The van der Waals surface area contributed by atoms with Gasteiger partial charge < -0.3 is 4.90 Å². The molecule has 0 aromatic rings. The normalized spacial score (nSPS) is 14.4. The monoisotopic (exact) mass is 209 g/mol. The molecule has 0 aromatic carbocycles. The molecule has 0 spiro atoms. The summed E-state index contributed by atoms with van der Waals surface area (Å²) in [6, 6.07) is 0.613. The molecule has 0 N–H and O–H groups in total. The minimum atomic E-state index is 0.595. The van der Waals surface area contributed by atoms with Crippen LogP contribution in [0.5, 0.6) is 0 Å². The predicted molar refractivity (Wildman–Crippen MR) is 69.9 cm³/mol. The molecule has 0 bridgehead atoms. The van der Waals surface area contributed by atoms with Gasteiger partial charge in [0.05, 0.1) is 0 Å². The maximum Gasteiger partial charge on any atom is 0.0255 e. The van der Waals surface area contributed by atoms with Crippen molar-refractivity contribution in [3.63, 3.8) is 0 Å². The van der Waals surface area contributed by atoms with Gasteiger partial charge in [0.25, 0.3) is 0 Å². The van der Waals surface area contributed by atoms with Gasteiger partial charge in [-0.15, -0.1) is 6.58 Å². The predicted octanol–water partition coefficient (Wildman–Crippen LogP) is 4.22. The van der Waals surface area contributed by atoms with Crippen LogP contribution >= 0.6 is 0 Å². The molecule has 0 aromatic heterocycles. The highest BCUT2D eigenvalue weighted by molar-refractivity contribution is 4.96. The first-order valence-corrected chi connectivity index (χ1v) is 6.13. The Morgan fingerprint density at radius 3 is 2.33 bits per heavy atom. The van der Waals surface area contributed by atoms with Crippen LogP contribution in [0, 0.1) is 5.92 Å². The molecular formula is C14H27N. The summed E-state index contributed by atoms with van der Waals surface area (Å²) >= 11 is 0. The van der Waals surface area contributed by atoms with Crippen molar-refractivity contribution in [2.45, 2.75) is 53.0 Å². The van der Waals surface area contributed by atoms with Crippen molar-refractivity contribution < 1.29 is 0 Å². The van der Waals surface area contributed by atoms with Crippen LogP contribution in [0.4, 0.5) is 0 Å².